The highest BCUT2D eigenvalue weighted by Gasteiger charge is 2.21. The van der Waals surface area contributed by atoms with Gasteiger partial charge in [-0.05, 0) is 30.3 Å². The Bertz CT molecular complexity index is 746. The van der Waals surface area contributed by atoms with Crippen molar-refractivity contribution in [3.05, 3.63) is 53.8 Å². The lowest BCUT2D eigenvalue weighted by Crippen LogP contribution is -2.15. The van der Waals surface area contributed by atoms with E-state index in [0.717, 1.165) is 24.3 Å². The Balaban J connectivity index is 2.40. The summed E-state index contributed by atoms with van der Waals surface area (Å²) < 4.78 is 65.2. The topological polar surface area (TPSA) is 72.2 Å². The molecule has 0 heterocycles. The number of sulfonamides is 1. The van der Waals surface area contributed by atoms with E-state index in [1.54, 1.807) is 0 Å². The fourth-order valence-corrected chi connectivity index (χ4v) is 2.63. The molecule has 0 aliphatic heterocycles. The van der Waals surface area contributed by atoms with Crippen LogP contribution in [-0.2, 0) is 10.0 Å². The first-order valence-electron chi connectivity index (χ1n) is 5.32. The van der Waals surface area contributed by atoms with Crippen molar-refractivity contribution >= 4 is 21.4 Å². The predicted molar refractivity (Wildman–Crippen MR) is 68.0 cm³/mol. The Kier molecular flexibility index (Phi) is 3.58. The average Bonchev–Trinajstić information content (AvgIpc) is 2.36. The van der Waals surface area contributed by atoms with Crippen LogP contribution >= 0.6 is 0 Å². The highest BCUT2D eigenvalue weighted by Crippen LogP contribution is 2.23. The zero-order chi connectivity index (χ0) is 14.9. The van der Waals surface area contributed by atoms with E-state index in [0.29, 0.717) is 12.1 Å². The van der Waals surface area contributed by atoms with Crippen molar-refractivity contribution < 1.29 is 21.6 Å². The van der Waals surface area contributed by atoms with Gasteiger partial charge >= 0.3 is 0 Å². The number of anilines is 2. The summed E-state index contributed by atoms with van der Waals surface area (Å²) in [4.78, 5) is -0.791. The van der Waals surface area contributed by atoms with Crippen molar-refractivity contribution in [2.45, 2.75) is 4.90 Å². The molecule has 4 nitrogen and oxygen atoms in total. The molecule has 0 unspecified atom stereocenters. The van der Waals surface area contributed by atoms with E-state index in [4.69, 9.17) is 5.73 Å². The molecule has 0 bridgehead atoms. The van der Waals surface area contributed by atoms with Gasteiger partial charge in [0.05, 0.1) is 5.69 Å². The quantitative estimate of drug-likeness (QED) is 0.856. The van der Waals surface area contributed by atoms with Crippen molar-refractivity contribution in [1.82, 2.24) is 0 Å². The van der Waals surface area contributed by atoms with Crippen molar-refractivity contribution in [1.29, 1.82) is 0 Å². The van der Waals surface area contributed by atoms with E-state index >= 15 is 0 Å². The maximum atomic E-state index is 13.5. The number of nitrogen functional groups attached to an aromatic ring is 1. The van der Waals surface area contributed by atoms with Crippen LogP contribution in [0.3, 0.4) is 0 Å². The lowest BCUT2D eigenvalue weighted by Gasteiger charge is -2.10. The zero-order valence-corrected chi connectivity index (χ0v) is 10.7. The van der Waals surface area contributed by atoms with Crippen LogP contribution in [0.4, 0.5) is 24.5 Å². The Labute approximate surface area is 113 Å². The molecule has 20 heavy (non-hydrogen) atoms. The summed E-state index contributed by atoms with van der Waals surface area (Å²) in [5.41, 5.74) is 4.76. The molecular formula is C12H9F3N2O2S. The Morgan fingerprint density at radius 3 is 2.15 bits per heavy atom. The minimum atomic E-state index is -4.29. The van der Waals surface area contributed by atoms with Crippen LogP contribution in [0.15, 0.2) is 41.3 Å². The normalized spacial score (nSPS) is 11.3. The summed E-state index contributed by atoms with van der Waals surface area (Å²) in [5.74, 6) is -2.88. The van der Waals surface area contributed by atoms with Crippen LogP contribution in [0.5, 0.6) is 0 Å². The molecule has 0 saturated heterocycles. The van der Waals surface area contributed by atoms with E-state index in [9.17, 15) is 21.6 Å². The van der Waals surface area contributed by atoms with Gasteiger partial charge < -0.3 is 5.73 Å². The van der Waals surface area contributed by atoms with Gasteiger partial charge in [0.2, 0.25) is 0 Å². The molecule has 2 rings (SSSR count). The SMILES string of the molecule is Nc1cc(S(=O)(=O)Nc2ccc(F)cc2)c(F)cc1F. The predicted octanol–water partition coefficient (Wildman–Crippen LogP) is 2.49. The number of rotatable bonds is 3. The van der Waals surface area contributed by atoms with Gasteiger partial charge in [0, 0.05) is 11.8 Å². The van der Waals surface area contributed by atoms with Gasteiger partial charge in [-0.25, -0.2) is 21.6 Å². The van der Waals surface area contributed by atoms with Gasteiger partial charge in [0.15, 0.2) is 0 Å². The maximum absolute atomic E-state index is 13.5. The lowest BCUT2D eigenvalue weighted by atomic mass is 10.3. The zero-order valence-electron chi connectivity index (χ0n) is 9.90. The molecular weight excluding hydrogens is 293 g/mol. The molecule has 2 aromatic carbocycles. The van der Waals surface area contributed by atoms with Crippen LogP contribution < -0.4 is 10.5 Å². The molecule has 2 aromatic rings. The monoisotopic (exact) mass is 302 g/mol. The van der Waals surface area contributed by atoms with E-state index in [1.165, 1.54) is 0 Å². The molecule has 0 atom stereocenters. The molecule has 106 valence electrons. The van der Waals surface area contributed by atoms with Crippen LogP contribution in [-0.4, -0.2) is 8.42 Å². The highest BCUT2D eigenvalue weighted by atomic mass is 32.2. The smallest absolute Gasteiger partial charge is 0.264 e. The number of benzene rings is 2. The molecule has 0 spiro atoms. The number of nitrogens with two attached hydrogens (primary N) is 1. The fraction of sp³-hybridized carbons (Fsp3) is 0. The molecule has 0 aliphatic rings. The van der Waals surface area contributed by atoms with Gasteiger partial charge in [0.1, 0.15) is 22.3 Å². The molecule has 0 saturated carbocycles. The fourth-order valence-electron chi connectivity index (χ4n) is 1.48. The Hall–Kier alpha value is -2.22. The largest absolute Gasteiger partial charge is 0.396 e. The third-order valence-corrected chi connectivity index (χ3v) is 3.83. The van der Waals surface area contributed by atoms with Gasteiger partial charge in [-0.2, -0.15) is 0 Å². The number of nitrogens with one attached hydrogen (secondary N) is 1. The molecule has 0 aliphatic carbocycles. The minimum absolute atomic E-state index is 0.0358. The summed E-state index contributed by atoms with van der Waals surface area (Å²) in [6.45, 7) is 0. The highest BCUT2D eigenvalue weighted by molar-refractivity contribution is 7.92. The first kappa shape index (κ1) is 14.2. The summed E-state index contributed by atoms with van der Waals surface area (Å²) in [6.07, 6.45) is 0. The van der Waals surface area contributed by atoms with E-state index < -0.39 is 38.1 Å². The number of hydrogen-bond acceptors (Lipinski definition) is 3. The molecule has 0 radical (unpaired) electrons. The molecule has 3 N–H and O–H groups in total. The van der Waals surface area contributed by atoms with Crippen LogP contribution in [0.2, 0.25) is 0 Å². The van der Waals surface area contributed by atoms with Crippen molar-refractivity contribution in [3.8, 4) is 0 Å². The number of halogens is 3. The second kappa shape index (κ2) is 5.04. The summed E-state index contributed by atoms with van der Waals surface area (Å²) >= 11 is 0. The van der Waals surface area contributed by atoms with Gasteiger partial charge in [-0.3, -0.25) is 4.72 Å². The summed E-state index contributed by atoms with van der Waals surface area (Å²) in [7, 11) is -4.29. The minimum Gasteiger partial charge on any atom is -0.396 e. The first-order valence-corrected chi connectivity index (χ1v) is 6.81. The average molecular weight is 302 g/mol. The summed E-state index contributed by atoms with van der Waals surface area (Å²) in [5, 5.41) is 0. The van der Waals surface area contributed by atoms with Gasteiger partial charge in [-0.15, -0.1) is 0 Å². The van der Waals surface area contributed by atoms with Gasteiger partial charge in [0.25, 0.3) is 10.0 Å². The van der Waals surface area contributed by atoms with Crippen LogP contribution in [0, 0.1) is 17.5 Å². The second-order valence-electron chi connectivity index (χ2n) is 3.92. The van der Waals surface area contributed by atoms with Crippen molar-refractivity contribution in [3.63, 3.8) is 0 Å². The Morgan fingerprint density at radius 1 is 0.950 bits per heavy atom. The Morgan fingerprint density at radius 2 is 1.55 bits per heavy atom. The maximum Gasteiger partial charge on any atom is 0.264 e. The second-order valence-corrected chi connectivity index (χ2v) is 5.57. The summed E-state index contributed by atoms with van der Waals surface area (Å²) in [6, 6.07) is 5.46. The van der Waals surface area contributed by atoms with E-state index in [2.05, 4.69) is 0 Å². The van der Waals surface area contributed by atoms with Crippen LogP contribution in [0.25, 0.3) is 0 Å². The van der Waals surface area contributed by atoms with Crippen molar-refractivity contribution in [2.24, 2.45) is 0 Å². The number of hydrogen-bond donors (Lipinski definition) is 2. The lowest BCUT2D eigenvalue weighted by molar-refractivity contribution is 0.553. The molecule has 8 heteroatoms. The molecule has 0 aromatic heterocycles. The van der Waals surface area contributed by atoms with E-state index in [1.807, 2.05) is 4.72 Å². The van der Waals surface area contributed by atoms with Crippen molar-refractivity contribution in [2.75, 3.05) is 10.5 Å². The first-order chi connectivity index (χ1) is 9.29. The van der Waals surface area contributed by atoms with E-state index in [-0.39, 0.29) is 5.69 Å². The standard InChI is InChI=1S/C12H9F3N2O2S/c13-7-1-3-8(4-2-7)17-20(18,19)12-6-11(16)9(14)5-10(12)15/h1-6,17H,16H2. The van der Waals surface area contributed by atoms with Gasteiger partial charge in [-0.1, -0.05) is 0 Å². The molecule has 0 fully saturated rings. The third kappa shape index (κ3) is 2.85. The molecule has 0 amide bonds. The van der Waals surface area contributed by atoms with Crippen LogP contribution in [0.1, 0.15) is 0 Å². The third-order valence-electron chi connectivity index (χ3n) is 2.44.